The first-order chi connectivity index (χ1) is 7.61. The van der Waals surface area contributed by atoms with Crippen LogP contribution in [0.2, 0.25) is 5.02 Å². The molecule has 1 aromatic carbocycles. The van der Waals surface area contributed by atoms with Crippen LogP contribution in [0.15, 0.2) is 18.2 Å². The Morgan fingerprint density at radius 1 is 1.31 bits per heavy atom. The first kappa shape index (κ1) is 10.7. The fraction of sp³-hybridized carbons (Fsp3) is 0.600. The van der Waals surface area contributed by atoms with Crippen molar-refractivity contribution >= 4 is 11.6 Å². The first-order valence-electron chi connectivity index (χ1n) is 6.40. The molecule has 1 heteroatoms. The fourth-order valence-electron chi connectivity index (χ4n) is 3.28. The van der Waals surface area contributed by atoms with Gasteiger partial charge in [-0.25, -0.2) is 0 Å². The summed E-state index contributed by atoms with van der Waals surface area (Å²) in [5.41, 5.74) is 3.65. The quantitative estimate of drug-likeness (QED) is 0.667. The number of hydrogen-bond acceptors (Lipinski definition) is 0. The molecule has 1 fully saturated rings. The molecule has 1 saturated carbocycles. The first-order valence-corrected chi connectivity index (χ1v) is 6.77. The van der Waals surface area contributed by atoms with E-state index in [0.717, 1.165) is 16.9 Å². The highest BCUT2D eigenvalue weighted by molar-refractivity contribution is 6.30. The fourth-order valence-corrected chi connectivity index (χ4v) is 3.45. The monoisotopic (exact) mass is 234 g/mol. The van der Waals surface area contributed by atoms with E-state index in [2.05, 4.69) is 32.0 Å². The Bertz CT molecular complexity index is 415. The van der Waals surface area contributed by atoms with Gasteiger partial charge >= 0.3 is 0 Å². The SMILES string of the molecule is CC(C)C1Cc2ccc(Cl)cc2C2(CC2)C1. The van der Waals surface area contributed by atoms with E-state index in [1.54, 1.807) is 11.1 Å². The lowest BCUT2D eigenvalue weighted by atomic mass is 9.71. The maximum Gasteiger partial charge on any atom is 0.0409 e. The molecular weight excluding hydrogens is 216 g/mol. The molecule has 0 saturated heterocycles. The van der Waals surface area contributed by atoms with E-state index in [0.29, 0.717) is 5.41 Å². The summed E-state index contributed by atoms with van der Waals surface area (Å²) in [7, 11) is 0. The zero-order valence-electron chi connectivity index (χ0n) is 10.1. The van der Waals surface area contributed by atoms with Gasteiger partial charge in [-0.2, -0.15) is 0 Å². The van der Waals surface area contributed by atoms with E-state index in [1.165, 1.54) is 25.7 Å². The number of hydrogen-bond donors (Lipinski definition) is 0. The van der Waals surface area contributed by atoms with Gasteiger partial charge in [-0.05, 0) is 66.2 Å². The Balaban J connectivity index is 2.03. The van der Waals surface area contributed by atoms with Crippen molar-refractivity contribution < 1.29 is 0 Å². The van der Waals surface area contributed by atoms with Gasteiger partial charge in [0.2, 0.25) is 0 Å². The topological polar surface area (TPSA) is 0 Å². The summed E-state index contributed by atoms with van der Waals surface area (Å²) in [4.78, 5) is 0. The van der Waals surface area contributed by atoms with Gasteiger partial charge < -0.3 is 0 Å². The minimum atomic E-state index is 0.521. The molecule has 0 aliphatic heterocycles. The number of halogens is 1. The molecule has 0 bridgehead atoms. The minimum Gasteiger partial charge on any atom is -0.0843 e. The molecule has 0 nitrogen and oxygen atoms in total. The Morgan fingerprint density at radius 3 is 2.69 bits per heavy atom. The molecule has 1 unspecified atom stereocenters. The van der Waals surface area contributed by atoms with Crippen molar-refractivity contribution in [1.29, 1.82) is 0 Å². The standard InChI is InChI=1S/C15H19Cl/c1-10(2)12-7-11-3-4-13(16)8-14(11)15(9-12)5-6-15/h3-4,8,10,12H,5-7,9H2,1-2H3. The molecule has 1 spiro atoms. The molecule has 86 valence electrons. The van der Waals surface area contributed by atoms with E-state index < -0.39 is 0 Å². The van der Waals surface area contributed by atoms with Crippen molar-refractivity contribution in [2.45, 2.75) is 44.9 Å². The van der Waals surface area contributed by atoms with Gasteiger partial charge in [0.15, 0.2) is 0 Å². The summed E-state index contributed by atoms with van der Waals surface area (Å²) in [6, 6.07) is 6.53. The number of benzene rings is 1. The predicted molar refractivity (Wildman–Crippen MR) is 69.0 cm³/mol. The van der Waals surface area contributed by atoms with Crippen LogP contribution in [-0.2, 0) is 11.8 Å². The van der Waals surface area contributed by atoms with E-state index in [9.17, 15) is 0 Å². The third kappa shape index (κ3) is 1.59. The second-order valence-corrected chi connectivity index (χ2v) is 6.43. The Morgan fingerprint density at radius 2 is 2.06 bits per heavy atom. The highest BCUT2D eigenvalue weighted by Gasteiger charge is 2.49. The van der Waals surface area contributed by atoms with Crippen LogP contribution in [0.5, 0.6) is 0 Å². The summed E-state index contributed by atoms with van der Waals surface area (Å²) in [5, 5.41) is 0.910. The predicted octanol–water partition coefficient (Wildman–Crippen LogP) is 4.59. The van der Waals surface area contributed by atoms with Gasteiger partial charge in [-0.3, -0.25) is 0 Å². The van der Waals surface area contributed by atoms with Crippen molar-refractivity contribution in [3.63, 3.8) is 0 Å². The summed E-state index contributed by atoms with van der Waals surface area (Å²) >= 11 is 6.13. The second-order valence-electron chi connectivity index (χ2n) is 5.99. The van der Waals surface area contributed by atoms with E-state index in [4.69, 9.17) is 11.6 Å². The lowest BCUT2D eigenvalue weighted by Gasteiger charge is -2.34. The third-order valence-electron chi connectivity index (χ3n) is 4.57. The molecule has 0 N–H and O–H groups in total. The number of fused-ring (bicyclic) bond motifs is 2. The Labute approximate surface area is 103 Å². The lowest BCUT2D eigenvalue weighted by Crippen LogP contribution is -2.26. The zero-order chi connectivity index (χ0) is 11.3. The second kappa shape index (κ2) is 3.50. The zero-order valence-corrected chi connectivity index (χ0v) is 10.8. The van der Waals surface area contributed by atoms with Crippen molar-refractivity contribution in [3.8, 4) is 0 Å². The Kier molecular flexibility index (Phi) is 2.33. The number of rotatable bonds is 1. The molecule has 2 aliphatic rings. The van der Waals surface area contributed by atoms with Gasteiger partial charge in [0, 0.05) is 5.02 Å². The molecule has 0 aromatic heterocycles. The molecular formula is C15H19Cl. The van der Waals surface area contributed by atoms with E-state index in [1.807, 2.05) is 0 Å². The van der Waals surface area contributed by atoms with Crippen molar-refractivity contribution in [2.24, 2.45) is 11.8 Å². The van der Waals surface area contributed by atoms with E-state index >= 15 is 0 Å². The van der Waals surface area contributed by atoms with Crippen molar-refractivity contribution in [1.82, 2.24) is 0 Å². The Hall–Kier alpha value is -0.490. The van der Waals surface area contributed by atoms with Gasteiger partial charge in [0.25, 0.3) is 0 Å². The minimum absolute atomic E-state index is 0.521. The molecule has 0 amide bonds. The summed E-state index contributed by atoms with van der Waals surface area (Å²) in [6.07, 6.45) is 5.40. The lowest BCUT2D eigenvalue weighted by molar-refractivity contribution is 0.302. The van der Waals surface area contributed by atoms with E-state index in [-0.39, 0.29) is 0 Å². The largest absolute Gasteiger partial charge is 0.0843 e. The average molecular weight is 235 g/mol. The maximum absolute atomic E-state index is 6.13. The van der Waals surface area contributed by atoms with Gasteiger partial charge in [0.1, 0.15) is 0 Å². The highest BCUT2D eigenvalue weighted by atomic mass is 35.5. The summed E-state index contributed by atoms with van der Waals surface area (Å²) in [6.45, 7) is 4.73. The van der Waals surface area contributed by atoms with Crippen LogP contribution < -0.4 is 0 Å². The van der Waals surface area contributed by atoms with Crippen molar-refractivity contribution in [3.05, 3.63) is 34.3 Å². The molecule has 0 radical (unpaired) electrons. The van der Waals surface area contributed by atoms with Crippen LogP contribution in [0.1, 0.15) is 44.2 Å². The molecule has 16 heavy (non-hydrogen) atoms. The molecule has 2 aliphatic carbocycles. The maximum atomic E-state index is 6.13. The summed E-state index contributed by atoms with van der Waals surface area (Å²) < 4.78 is 0. The van der Waals surface area contributed by atoms with Crippen LogP contribution >= 0.6 is 11.6 Å². The van der Waals surface area contributed by atoms with Gasteiger partial charge in [-0.15, -0.1) is 0 Å². The smallest absolute Gasteiger partial charge is 0.0409 e. The highest BCUT2D eigenvalue weighted by Crippen LogP contribution is 2.57. The molecule has 1 atom stereocenters. The van der Waals surface area contributed by atoms with Gasteiger partial charge in [-0.1, -0.05) is 31.5 Å². The molecule has 1 aromatic rings. The molecule has 0 heterocycles. The van der Waals surface area contributed by atoms with Crippen LogP contribution in [0, 0.1) is 11.8 Å². The van der Waals surface area contributed by atoms with Crippen LogP contribution in [0.4, 0.5) is 0 Å². The summed E-state index contributed by atoms with van der Waals surface area (Å²) in [5.74, 6) is 1.68. The third-order valence-corrected chi connectivity index (χ3v) is 4.81. The van der Waals surface area contributed by atoms with Crippen molar-refractivity contribution in [2.75, 3.05) is 0 Å². The normalized spacial score (nSPS) is 25.9. The van der Waals surface area contributed by atoms with Gasteiger partial charge in [0.05, 0.1) is 0 Å². The van der Waals surface area contributed by atoms with Crippen LogP contribution in [0.25, 0.3) is 0 Å². The van der Waals surface area contributed by atoms with Crippen LogP contribution in [0.3, 0.4) is 0 Å². The molecule has 3 rings (SSSR count). The van der Waals surface area contributed by atoms with Crippen LogP contribution in [-0.4, -0.2) is 0 Å². The average Bonchev–Trinajstić information content (AvgIpc) is 3.00.